The topological polar surface area (TPSA) is 125 Å². The first kappa shape index (κ1) is 26.4. The van der Waals surface area contributed by atoms with Crippen molar-refractivity contribution in [1.29, 1.82) is 0 Å². The molecule has 3 aromatic rings. The molecule has 0 unspecified atom stereocenters. The summed E-state index contributed by atoms with van der Waals surface area (Å²) >= 11 is 0. The van der Waals surface area contributed by atoms with Gasteiger partial charge in [0.2, 0.25) is 0 Å². The van der Waals surface area contributed by atoms with Crippen LogP contribution >= 0.6 is 0 Å². The Labute approximate surface area is 233 Å². The smallest absolute Gasteiger partial charge is 0.316 e. The first-order valence-corrected chi connectivity index (χ1v) is 13.8. The minimum absolute atomic E-state index is 0.0978. The monoisotopic (exact) mass is 542 g/mol. The van der Waals surface area contributed by atoms with Gasteiger partial charge in [-0.05, 0) is 62.0 Å². The third-order valence-electron chi connectivity index (χ3n) is 9.29. The summed E-state index contributed by atoms with van der Waals surface area (Å²) < 4.78 is 5.01. The number of hydrogen-bond donors (Lipinski definition) is 3. The fraction of sp³-hybridized carbons (Fsp3) is 0.419. The highest BCUT2D eigenvalue weighted by Gasteiger charge is 2.65. The third kappa shape index (κ3) is 4.15. The van der Waals surface area contributed by atoms with Gasteiger partial charge in [-0.25, -0.2) is 9.97 Å². The number of nitrogens with zero attached hydrogens (tertiary/aromatic N) is 3. The summed E-state index contributed by atoms with van der Waals surface area (Å²) in [5.41, 5.74) is 2.61. The Morgan fingerprint density at radius 3 is 2.60 bits per heavy atom. The average Bonchev–Trinajstić information content (AvgIpc) is 2.96. The Kier molecular flexibility index (Phi) is 6.59. The number of likely N-dealkylation sites (N-methyl/N-ethyl adjacent to an activating group) is 1. The molecule has 3 aliphatic rings. The number of amides is 1. The Hall–Kier alpha value is -3.82. The SMILES string of the molecule is COc1ncc(-c2ccc(CCNC(=O)c3ccc4c(c3O)[C@]35CCN(C)[C@H](C4)[C@]3(O)CCC(=O)C5)cc2)cn1. The Balaban J connectivity index is 1.18. The molecule has 9 nitrogen and oxygen atoms in total. The molecule has 3 atom stereocenters. The molecule has 40 heavy (non-hydrogen) atoms. The zero-order valence-corrected chi connectivity index (χ0v) is 22.8. The highest BCUT2D eigenvalue weighted by Crippen LogP contribution is 2.59. The van der Waals surface area contributed by atoms with Crippen molar-refractivity contribution in [3.05, 3.63) is 71.0 Å². The van der Waals surface area contributed by atoms with Gasteiger partial charge in [0, 0.05) is 54.4 Å². The number of phenolic OH excluding ortho intramolecular Hbond substituents is 1. The minimum atomic E-state index is -1.11. The summed E-state index contributed by atoms with van der Waals surface area (Å²) in [6.07, 6.45) is 6.08. The number of aromatic nitrogens is 2. The van der Waals surface area contributed by atoms with E-state index in [9.17, 15) is 19.8 Å². The van der Waals surface area contributed by atoms with Crippen molar-refractivity contribution in [3.8, 4) is 22.9 Å². The molecule has 0 radical (unpaired) electrons. The van der Waals surface area contributed by atoms with Gasteiger partial charge in [0.15, 0.2) is 0 Å². The van der Waals surface area contributed by atoms with E-state index in [1.54, 1.807) is 18.5 Å². The van der Waals surface area contributed by atoms with E-state index in [-0.39, 0.29) is 35.5 Å². The van der Waals surface area contributed by atoms with Crippen LogP contribution in [0.5, 0.6) is 11.8 Å². The molecule has 2 fully saturated rings. The van der Waals surface area contributed by atoms with Gasteiger partial charge in [-0.3, -0.25) is 9.59 Å². The summed E-state index contributed by atoms with van der Waals surface area (Å²) in [6.45, 7) is 1.11. The number of nitrogens with one attached hydrogen (secondary N) is 1. The predicted octanol–water partition coefficient (Wildman–Crippen LogP) is 2.81. The molecule has 3 N–H and O–H groups in total. The second-order valence-corrected chi connectivity index (χ2v) is 11.3. The van der Waals surface area contributed by atoms with E-state index >= 15 is 0 Å². The number of hydrogen-bond acceptors (Lipinski definition) is 8. The van der Waals surface area contributed by atoms with Gasteiger partial charge in [0.1, 0.15) is 11.5 Å². The Morgan fingerprint density at radius 1 is 1.12 bits per heavy atom. The molecule has 1 saturated carbocycles. The molecule has 1 amide bonds. The standard InChI is InChI=1S/C31H34N4O5/c1-35-14-12-30-16-23(36)9-11-31(30,39)25(35)15-21-7-8-24(27(37)26(21)30)28(38)32-13-10-19-3-5-20(6-4-19)22-17-33-29(40-2)34-18-22/h3-8,17-18,25,37,39H,9-16H2,1-2H3,(H,32,38)/t25-,30-,31-/m1/s1. The second-order valence-electron chi connectivity index (χ2n) is 11.3. The first-order valence-electron chi connectivity index (χ1n) is 13.8. The Morgan fingerprint density at radius 2 is 1.88 bits per heavy atom. The van der Waals surface area contributed by atoms with Crippen LogP contribution in [0, 0.1) is 0 Å². The fourth-order valence-corrected chi connectivity index (χ4v) is 7.16. The molecule has 1 aliphatic heterocycles. The number of fused-ring (bicyclic) bond motifs is 1. The fourth-order valence-electron chi connectivity index (χ4n) is 7.16. The van der Waals surface area contributed by atoms with Gasteiger partial charge in [-0.2, -0.15) is 0 Å². The molecule has 2 aliphatic carbocycles. The van der Waals surface area contributed by atoms with Gasteiger partial charge in [-0.1, -0.05) is 30.3 Å². The molecule has 0 spiro atoms. The van der Waals surface area contributed by atoms with Crippen molar-refractivity contribution >= 4 is 11.7 Å². The van der Waals surface area contributed by atoms with Crippen LogP contribution in [0.3, 0.4) is 0 Å². The van der Waals surface area contributed by atoms with Crippen molar-refractivity contribution in [2.75, 3.05) is 27.2 Å². The van der Waals surface area contributed by atoms with Crippen LogP contribution in [0.25, 0.3) is 11.1 Å². The molecular formula is C31H34N4O5. The van der Waals surface area contributed by atoms with Crippen LogP contribution in [0.2, 0.25) is 0 Å². The molecule has 2 heterocycles. The number of rotatable bonds is 6. The van der Waals surface area contributed by atoms with Crippen LogP contribution in [0.4, 0.5) is 0 Å². The number of carbonyl (C=O) groups is 2. The van der Waals surface area contributed by atoms with Crippen molar-refractivity contribution in [3.63, 3.8) is 0 Å². The normalized spacial score (nSPS) is 25.6. The third-order valence-corrected chi connectivity index (χ3v) is 9.29. The molecule has 1 aromatic heterocycles. The Bertz CT molecular complexity index is 1460. The maximum Gasteiger partial charge on any atom is 0.316 e. The number of benzene rings is 2. The van der Waals surface area contributed by atoms with E-state index < -0.39 is 11.0 Å². The van der Waals surface area contributed by atoms with E-state index in [1.165, 1.54) is 7.11 Å². The molecule has 208 valence electrons. The average molecular weight is 543 g/mol. The van der Waals surface area contributed by atoms with Gasteiger partial charge in [0.05, 0.1) is 18.3 Å². The molecule has 2 aromatic carbocycles. The van der Waals surface area contributed by atoms with E-state index in [0.717, 1.165) is 28.8 Å². The number of Topliss-reactive ketones (excluding diaryl/α,β-unsaturated/α-hetero) is 1. The molecular weight excluding hydrogens is 508 g/mol. The summed E-state index contributed by atoms with van der Waals surface area (Å²) in [6, 6.07) is 11.7. The number of aromatic hydroxyl groups is 1. The summed E-state index contributed by atoms with van der Waals surface area (Å²) in [5, 5.41) is 26.4. The maximum atomic E-state index is 13.2. The van der Waals surface area contributed by atoms with Crippen molar-refractivity contribution < 1.29 is 24.5 Å². The van der Waals surface area contributed by atoms with Crippen LogP contribution in [0.15, 0.2) is 48.8 Å². The van der Waals surface area contributed by atoms with Crippen LogP contribution in [-0.4, -0.2) is 75.7 Å². The lowest BCUT2D eigenvalue weighted by Gasteiger charge is -2.62. The molecule has 9 heteroatoms. The molecule has 2 bridgehead atoms. The van der Waals surface area contributed by atoms with Crippen LogP contribution in [0.1, 0.15) is 52.7 Å². The van der Waals surface area contributed by atoms with Crippen molar-refractivity contribution in [2.45, 2.75) is 55.6 Å². The predicted molar refractivity (Wildman–Crippen MR) is 148 cm³/mol. The summed E-state index contributed by atoms with van der Waals surface area (Å²) in [7, 11) is 3.54. The number of piperidine rings is 1. The molecule has 1 saturated heterocycles. The highest BCUT2D eigenvalue weighted by molar-refractivity contribution is 5.98. The van der Waals surface area contributed by atoms with Gasteiger partial charge in [-0.15, -0.1) is 0 Å². The number of aliphatic hydroxyl groups is 1. The van der Waals surface area contributed by atoms with Gasteiger partial charge < -0.3 is 25.2 Å². The van der Waals surface area contributed by atoms with E-state index in [2.05, 4.69) is 20.2 Å². The van der Waals surface area contributed by atoms with E-state index in [1.807, 2.05) is 37.4 Å². The number of methoxy groups -OCH3 is 1. The summed E-state index contributed by atoms with van der Waals surface area (Å²) in [4.78, 5) is 36.4. The van der Waals surface area contributed by atoms with Crippen molar-refractivity contribution in [1.82, 2.24) is 20.2 Å². The van der Waals surface area contributed by atoms with E-state index in [0.29, 0.717) is 50.2 Å². The summed E-state index contributed by atoms with van der Waals surface area (Å²) in [5.74, 6) is -0.373. The van der Waals surface area contributed by atoms with Crippen molar-refractivity contribution in [2.24, 2.45) is 0 Å². The second kappa shape index (κ2) is 9.98. The lowest BCUT2D eigenvalue weighted by Crippen LogP contribution is -2.72. The lowest BCUT2D eigenvalue weighted by atomic mass is 9.49. The first-order chi connectivity index (χ1) is 19.3. The van der Waals surface area contributed by atoms with E-state index in [4.69, 9.17) is 4.74 Å². The molecule has 6 rings (SSSR count). The zero-order valence-electron chi connectivity index (χ0n) is 22.8. The van der Waals surface area contributed by atoms with Crippen LogP contribution < -0.4 is 10.1 Å². The van der Waals surface area contributed by atoms with Gasteiger partial charge >= 0.3 is 6.01 Å². The van der Waals surface area contributed by atoms with Gasteiger partial charge in [0.25, 0.3) is 5.91 Å². The number of ketones is 1. The maximum absolute atomic E-state index is 13.2. The zero-order chi connectivity index (χ0) is 28.1. The largest absolute Gasteiger partial charge is 0.507 e. The van der Waals surface area contributed by atoms with Crippen LogP contribution in [-0.2, 0) is 23.1 Å². The quantitative estimate of drug-likeness (QED) is 0.434. The number of ether oxygens (including phenoxy) is 1. The highest BCUT2D eigenvalue weighted by atomic mass is 16.5. The lowest BCUT2D eigenvalue weighted by molar-refractivity contribution is -0.169. The minimum Gasteiger partial charge on any atom is -0.507 e. The number of likely N-dealkylation sites (tertiary alicyclic amines) is 1. The number of carbonyl (C=O) groups excluding carboxylic acids is 2. The number of phenols is 1.